The first kappa shape index (κ1) is 16.5. The molecule has 0 spiro atoms. The van der Waals surface area contributed by atoms with Gasteiger partial charge in [0, 0.05) is 7.11 Å². The van der Waals surface area contributed by atoms with Crippen LogP contribution in [0, 0.1) is 0 Å². The average Bonchev–Trinajstić information content (AvgIpc) is 2.55. The van der Waals surface area contributed by atoms with Gasteiger partial charge >= 0.3 is 6.92 Å². The maximum Gasteiger partial charge on any atom is 0.302 e. The molecule has 0 radical (unpaired) electrons. The molecule has 0 bridgehead atoms. The number of benzene rings is 2. The molecule has 0 heterocycles. The lowest BCUT2D eigenvalue weighted by Gasteiger charge is -2.26. The van der Waals surface area contributed by atoms with E-state index in [2.05, 4.69) is 43.3 Å². The van der Waals surface area contributed by atoms with E-state index in [0.29, 0.717) is 0 Å². The van der Waals surface area contributed by atoms with Crippen LogP contribution in [0.4, 0.5) is 0 Å². The van der Waals surface area contributed by atoms with E-state index in [1.165, 1.54) is 11.1 Å². The van der Waals surface area contributed by atoms with Crippen molar-refractivity contribution >= 4 is 29.9 Å². The van der Waals surface area contributed by atoms with E-state index in [-0.39, 0.29) is 18.8 Å². The van der Waals surface area contributed by atoms with Crippen molar-refractivity contribution in [1.82, 2.24) is 0 Å². The Kier molecular flexibility index (Phi) is 6.74. The predicted octanol–water partition coefficient (Wildman–Crippen LogP) is 4.90. The predicted molar refractivity (Wildman–Crippen MR) is 96.6 cm³/mol. The number of hydrogen-bond donors (Lipinski definition) is 0. The van der Waals surface area contributed by atoms with Crippen LogP contribution < -0.4 is 0 Å². The first-order chi connectivity index (χ1) is 10.3. The van der Waals surface area contributed by atoms with Crippen molar-refractivity contribution < 1.29 is 7.72 Å². The number of rotatable bonds is 7. The second-order valence-corrected chi connectivity index (χ2v) is 5.75. The van der Waals surface area contributed by atoms with Gasteiger partial charge in [0.05, 0.1) is 6.10 Å². The van der Waals surface area contributed by atoms with E-state index in [4.69, 9.17) is 7.72 Å². The first-order valence-electron chi connectivity index (χ1n) is 7.15. The van der Waals surface area contributed by atoms with Gasteiger partial charge in [-0.1, -0.05) is 73.2 Å². The summed E-state index contributed by atoms with van der Waals surface area (Å²) in [6, 6.07) is 20.8. The lowest BCUT2D eigenvalue weighted by Crippen LogP contribution is -2.29. The van der Waals surface area contributed by atoms with Crippen LogP contribution in [0.5, 0.6) is 0 Å². The molecule has 2 nitrogen and oxygen atoms in total. The Morgan fingerprint density at radius 3 is 2.10 bits per heavy atom. The minimum Gasteiger partial charge on any atom is -0.438 e. The highest BCUT2D eigenvalue weighted by Crippen LogP contribution is 2.35. The van der Waals surface area contributed by atoms with Crippen LogP contribution >= 0.6 is 23.0 Å². The van der Waals surface area contributed by atoms with E-state index >= 15 is 0 Å². The summed E-state index contributed by atoms with van der Waals surface area (Å²) in [5.74, 6) is 0.259. The Labute approximate surface area is 141 Å². The lowest BCUT2D eigenvalue weighted by molar-refractivity contribution is 0.263. The Balaban J connectivity index is 2.12. The smallest absolute Gasteiger partial charge is 0.302 e. The maximum absolute atomic E-state index is 5.74. The molecule has 2 atom stereocenters. The van der Waals surface area contributed by atoms with Crippen molar-refractivity contribution in [2.24, 2.45) is 0 Å². The molecule has 2 aromatic rings. The van der Waals surface area contributed by atoms with Gasteiger partial charge in [-0.25, -0.2) is 0 Å². The van der Waals surface area contributed by atoms with Gasteiger partial charge in [0.15, 0.2) is 0 Å². The summed E-state index contributed by atoms with van der Waals surface area (Å²) in [6.07, 6.45) is 0.919. The van der Waals surface area contributed by atoms with Gasteiger partial charge in [0.2, 0.25) is 0 Å². The highest BCUT2D eigenvalue weighted by molar-refractivity contribution is 14.1. The molecular weight excluding hydrogens is 374 g/mol. The van der Waals surface area contributed by atoms with Gasteiger partial charge in [0.25, 0.3) is 0 Å². The van der Waals surface area contributed by atoms with E-state index in [0.717, 1.165) is 6.32 Å². The molecule has 0 aliphatic heterocycles. The van der Waals surface area contributed by atoms with Crippen LogP contribution in [-0.4, -0.2) is 14.0 Å². The van der Waals surface area contributed by atoms with Crippen LogP contribution in [0.25, 0.3) is 0 Å². The van der Waals surface area contributed by atoms with Crippen LogP contribution in [-0.2, 0) is 14.0 Å². The highest BCUT2D eigenvalue weighted by Gasteiger charge is 2.31. The maximum atomic E-state index is 5.74. The molecule has 0 aliphatic rings. The summed E-state index contributed by atoms with van der Waals surface area (Å²) in [4.78, 5) is 0. The summed E-state index contributed by atoms with van der Waals surface area (Å²) in [6.45, 7) is 2.31. The molecule has 0 saturated heterocycles. The minimum atomic E-state index is 0.0282. The Morgan fingerprint density at radius 2 is 1.57 bits per heavy atom. The highest BCUT2D eigenvalue weighted by atomic mass is 127. The zero-order valence-corrected chi connectivity index (χ0v) is 14.6. The summed E-state index contributed by atoms with van der Waals surface area (Å²) >= 11 is 1.99. The zero-order valence-electron chi connectivity index (χ0n) is 12.4. The number of hydrogen-bond acceptors (Lipinski definition) is 2. The van der Waals surface area contributed by atoms with Crippen LogP contribution in [0.3, 0.4) is 0 Å². The first-order valence-corrected chi connectivity index (χ1v) is 8.03. The molecule has 2 aromatic carbocycles. The Morgan fingerprint density at radius 1 is 1.00 bits per heavy atom. The van der Waals surface area contributed by atoms with Gasteiger partial charge < -0.3 is 7.72 Å². The average molecular weight is 394 g/mol. The third-order valence-electron chi connectivity index (χ3n) is 3.87. The van der Waals surface area contributed by atoms with Crippen molar-refractivity contribution in [1.29, 1.82) is 0 Å². The fourth-order valence-electron chi connectivity index (χ4n) is 2.60. The summed E-state index contributed by atoms with van der Waals surface area (Å²) in [5.41, 5.74) is 2.48. The second-order valence-electron chi connectivity index (χ2n) is 5.24. The van der Waals surface area contributed by atoms with Crippen molar-refractivity contribution in [3.05, 3.63) is 71.8 Å². The van der Waals surface area contributed by atoms with Crippen molar-refractivity contribution in [2.75, 3.05) is 7.11 Å². The fraction of sp³-hybridized carbons (Fsp3) is 0.294. The molecule has 4 heteroatoms. The van der Waals surface area contributed by atoms with Crippen LogP contribution in [0.1, 0.15) is 24.2 Å². The monoisotopic (exact) mass is 394 g/mol. The van der Waals surface area contributed by atoms with Crippen molar-refractivity contribution in [2.45, 2.75) is 25.2 Å². The SMILES string of the molecule is COB(Cc1ccccc1)C(C)C(OI)c1ccccc1. The summed E-state index contributed by atoms with van der Waals surface area (Å²) < 4.78 is 11.4. The van der Waals surface area contributed by atoms with Crippen molar-refractivity contribution in [3.63, 3.8) is 0 Å². The van der Waals surface area contributed by atoms with Crippen LogP contribution in [0.15, 0.2) is 60.7 Å². The zero-order chi connectivity index (χ0) is 15.1. The molecular formula is C17H20BIO2. The van der Waals surface area contributed by atoms with Gasteiger partial charge in [-0.05, 0) is 17.7 Å². The summed E-state index contributed by atoms with van der Waals surface area (Å²) in [5, 5.41) is 0. The molecule has 21 heavy (non-hydrogen) atoms. The van der Waals surface area contributed by atoms with Gasteiger partial charge in [0.1, 0.15) is 23.0 Å². The van der Waals surface area contributed by atoms with E-state index in [9.17, 15) is 0 Å². The van der Waals surface area contributed by atoms with E-state index in [1.54, 1.807) is 7.11 Å². The molecule has 0 aliphatic carbocycles. The molecule has 0 aromatic heterocycles. The van der Waals surface area contributed by atoms with E-state index in [1.807, 2.05) is 47.3 Å². The molecule has 0 saturated carbocycles. The van der Waals surface area contributed by atoms with Gasteiger partial charge in [-0.3, -0.25) is 0 Å². The second kappa shape index (κ2) is 8.56. The van der Waals surface area contributed by atoms with Crippen molar-refractivity contribution in [3.8, 4) is 0 Å². The third kappa shape index (κ3) is 4.56. The topological polar surface area (TPSA) is 18.5 Å². The number of halogens is 1. The molecule has 2 rings (SSSR count). The largest absolute Gasteiger partial charge is 0.438 e. The molecule has 2 unspecified atom stereocenters. The van der Waals surface area contributed by atoms with Gasteiger partial charge in [-0.15, -0.1) is 0 Å². The minimum absolute atomic E-state index is 0.0282. The standard InChI is InChI=1S/C17H20BIO2/c1-14(17(21-19)16-11-7-4-8-12-16)18(20-2)13-15-9-5-3-6-10-15/h3-12,14,17H,13H2,1-2H3. The Hall–Kier alpha value is -0.845. The van der Waals surface area contributed by atoms with Gasteiger partial charge in [-0.2, -0.15) is 0 Å². The third-order valence-corrected chi connectivity index (χ3v) is 4.42. The Bertz CT molecular complexity index is 521. The lowest BCUT2D eigenvalue weighted by atomic mass is 9.50. The molecule has 0 N–H and O–H groups in total. The molecule has 0 fully saturated rings. The van der Waals surface area contributed by atoms with Crippen LogP contribution in [0.2, 0.25) is 5.82 Å². The summed E-state index contributed by atoms with van der Waals surface area (Å²) in [7, 11) is 1.78. The molecule has 0 amide bonds. The molecule has 110 valence electrons. The normalized spacial score (nSPS) is 13.7. The quantitative estimate of drug-likeness (QED) is 0.491. The van der Waals surface area contributed by atoms with E-state index < -0.39 is 0 Å². The fourth-order valence-corrected chi connectivity index (χ4v) is 3.36.